The summed E-state index contributed by atoms with van der Waals surface area (Å²) in [5, 5.41) is 3.07. The number of benzene rings is 1. The van der Waals surface area contributed by atoms with Crippen molar-refractivity contribution in [2.45, 2.75) is 33.1 Å². The topological polar surface area (TPSA) is 62.6 Å². The number of rotatable bonds is 6. The Bertz CT molecular complexity index is 783. The van der Waals surface area contributed by atoms with Crippen molar-refractivity contribution in [1.82, 2.24) is 10.2 Å². The predicted octanol–water partition coefficient (Wildman–Crippen LogP) is 3.61. The maximum atomic E-state index is 12.9. The maximum absolute atomic E-state index is 12.9. The summed E-state index contributed by atoms with van der Waals surface area (Å²) in [6.07, 6.45) is 2.45. The lowest BCUT2D eigenvalue weighted by Crippen LogP contribution is -2.36. The minimum Gasteiger partial charge on any atom is -0.459 e. The van der Waals surface area contributed by atoms with Crippen LogP contribution in [0.3, 0.4) is 0 Å². The Labute approximate surface area is 160 Å². The van der Waals surface area contributed by atoms with Gasteiger partial charge in [-0.1, -0.05) is 38.1 Å². The molecule has 0 bridgehead atoms. The van der Waals surface area contributed by atoms with Gasteiger partial charge in [-0.2, -0.15) is 0 Å². The van der Waals surface area contributed by atoms with Crippen LogP contribution in [0.5, 0.6) is 0 Å². The van der Waals surface area contributed by atoms with Crippen molar-refractivity contribution >= 4 is 11.8 Å². The molecule has 27 heavy (non-hydrogen) atoms. The lowest BCUT2D eigenvalue weighted by atomic mass is 9.86. The molecule has 1 aromatic carbocycles. The van der Waals surface area contributed by atoms with Crippen LogP contribution in [-0.4, -0.2) is 36.3 Å². The largest absolute Gasteiger partial charge is 0.459 e. The lowest BCUT2D eigenvalue weighted by molar-refractivity contribution is -0.124. The standard InChI is InChI=1S/C22H28N2O3/c1-15(2)10-11-23-21(25)19-14-24(22(26)20-9-6-12-27-20)13-18(19)17-8-5-4-7-16(17)3/h4-9,12,15,18-19H,10-11,13-14H2,1-3H3,(H,23,25)/t18-,19+/m1/s1. The number of carbonyl (C=O) groups is 2. The number of amides is 2. The van der Waals surface area contributed by atoms with Gasteiger partial charge in [-0.25, -0.2) is 0 Å². The smallest absolute Gasteiger partial charge is 0.289 e. The zero-order valence-electron chi connectivity index (χ0n) is 16.3. The van der Waals surface area contributed by atoms with Gasteiger partial charge in [0.2, 0.25) is 5.91 Å². The molecule has 2 heterocycles. The average molecular weight is 368 g/mol. The number of aryl methyl sites for hydroxylation is 1. The molecule has 5 nitrogen and oxygen atoms in total. The van der Waals surface area contributed by atoms with Crippen molar-refractivity contribution in [3.05, 3.63) is 59.5 Å². The first-order valence-corrected chi connectivity index (χ1v) is 9.63. The first-order valence-electron chi connectivity index (χ1n) is 9.63. The van der Waals surface area contributed by atoms with Crippen LogP contribution in [0.15, 0.2) is 47.1 Å². The SMILES string of the molecule is Cc1ccccc1[C@H]1CN(C(=O)c2ccco2)C[C@@H]1C(=O)NCCC(C)C. The molecule has 3 rings (SSSR count). The summed E-state index contributed by atoms with van der Waals surface area (Å²) in [7, 11) is 0. The fourth-order valence-electron chi connectivity index (χ4n) is 3.72. The van der Waals surface area contributed by atoms with Gasteiger partial charge in [0.05, 0.1) is 12.2 Å². The molecule has 1 aliphatic heterocycles. The van der Waals surface area contributed by atoms with E-state index in [1.54, 1.807) is 17.0 Å². The van der Waals surface area contributed by atoms with E-state index in [1.807, 2.05) is 12.1 Å². The van der Waals surface area contributed by atoms with Crippen LogP contribution in [0.1, 0.15) is 47.9 Å². The zero-order valence-corrected chi connectivity index (χ0v) is 16.3. The molecule has 1 aromatic heterocycles. The van der Waals surface area contributed by atoms with Gasteiger partial charge < -0.3 is 14.6 Å². The fraction of sp³-hybridized carbons (Fsp3) is 0.455. The van der Waals surface area contributed by atoms with Gasteiger partial charge in [-0.3, -0.25) is 9.59 Å². The van der Waals surface area contributed by atoms with Crippen LogP contribution in [0.4, 0.5) is 0 Å². The van der Waals surface area contributed by atoms with Crippen LogP contribution < -0.4 is 5.32 Å². The third-order valence-electron chi connectivity index (χ3n) is 5.28. The van der Waals surface area contributed by atoms with Crippen molar-refractivity contribution in [1.29, 1.82) is 0 Å². The Morgan fingerprint density at radius 1 is 1.19 bits per heavy atom. The highest BCUT2D eigenvalue weighted by atomic mass is 16.3. The van der Waals surface area contributed by atoms with Crippen molar-refractivity contribution in [3.63, 3.8) is 0 Å². The first kappa shape index (κ1) is 19.2. The molecule has 2 amide bonds. The van der Waals surface area contributed by atoms with Crippen molar-refractivity contribution in [2.24, 2.45) is 11.8 Å². The van der Waals surface area contributed by atoms with E-state index in [2.05, 4.69) is 38.2 Å². The van der Waals surface area contributed by atoms with Gasteiger partial charge in [0.15, 0.2) is 5.76 Å². The Morgan fingerprint density at radius 3 is 2.63 bits per heavy atom. The minimum absolute atomic E-state index is 0.0100. The summed E-state index contributed by atoms with van der Waals surface area (Å²) in [4.78, 5) is 27.4. The molecular formula is C22H28N2O3. The normalized spacial score (nSPS) is 19.5. The highest BCUT2D eigenvalue weighted by Crippen LogP contribution is 2.35. The summed E-state index contributed by atoms with van der Waals surface area (Å²) in [5.41, 5.74) is 2.28. The van der Waals surface area contributed by atoms with Gasteiger partial charge in [-0.05, 0) is 42.5 Å². The molecule has 1 aliphatic rings. The molecule has 1 fully saturated rings. The zero-order chi connectivity index (χ0) is 19.4. The van der Waals surface area contributed by atoms with Crippen molar-refractivity contribution in [3.8, 4) is 0 Å². The third-order valence-corrected chi connectivity index (χ3v) is 5.28. The molecule has 0 saturated carbocycles. The van der Waals surface area contributed by atoms with Gasteiger partial charge >= 0.3 is 0 Å². The van der Waals surface area contributed by atoms with E-state index in [4.69, 9.17) is 4.42 Å². The third kappa shape index (κ3) is 4.41. The Balaban J connectivity index is 1.80. The Hall–Kier alpha value is -2.56. The van der Waals surface area contributed by atoms with Crippen LogP contribution in [0.25, 0.3) is 0 Å². The van der Waals surface area contributed by atoms with E-state index in [9.17, 15) is 9.59 Å². The van der Waals surface area contributed by atoms with E-state index in [0.717, 1.165) is 17.5 Å². The quantitative estimate of drug-likeness (QED) is 0.847. The Morgan fingerprint density at radius 2 is 1.96 bits per heavy atom. The fourth-order valence-corrected chi connectivity index (χ4v) is 3.72. The average Bonchev–Trinajstić information content (AvgIpc) is 3.31. The summed E-state index contributed by atoms with van der Waals surface area (Å²) in [6, 6.07) is 11.5. The molecule has 0 aliphatic carbocycles. The van der Waals surface area contributed by atoms with Gasteiger partial charge in [0, 0.05) is 25.6 Å². The molecule has 1 N–H and O–H groups in total. The number of nitrogens with one attached hydrogen (secondary N) is 1. The summed E-state index contributed by atoms with van der Waals surface area (Å²) in [6.45, 7) is 7.93. The Kier molecular flexibility index (Phi) is 5.99. The van der Waals surface area contributed by atoms with Crippen LogP contribution in [0.2, 0.25) is 0 Å². The van der Waals surface area contributed by atoms with E-state index in [0.29, 0.717) is 31.3 Å². The predicted molar refractivity (Wildman–Crippen MR) is 104 cm³/mol. The van der Waals surface area contributed by atoms with Crippen LogP contribution >= 0.6 is 0 Å². The second kappa shape index (κ2) is 8.42. The maximum Gasteiger partial charge on any atom is 0.289 e. The summed E-state index contributed by atoms with van der Waals surface area (Å²) < 4.78 is 5.27. The molecule has 1 saturated heterocycles. The minimum atomic E-state index is -0.253. The second-order valence-corrected chi connectivity index (χ2v) is 7.73. The van der Waals surface area contributed by atoms with Crippen molar-refractivity contribution < 1.29 is 14.0 Å². The number of nitrogens with zero attached hydrogens (tertiary/aromatic N) is 1. The van der Waals surface area contributed by atoms with E-state index < -0.39 is 0 Å². The molecular weight excluding hydrogens is 340 g/mol. The van der Waals surface area contributed by atoms with Crippen molar-refractivity contribution in [2.75, 3.05) is 19.6 Å². The molecule has 2 aromatic rings. The number of likely N-dealkylation sites (tertiary alicyclic amines) is 1. The molecule has 144 valence electrons. The lowest BCUT2D eigenvalue weighted by Gasteiger charge is -2.20. The monoisotopic (exact) mass is 368 g/mol. The van der Waals surface area contributed by atoms with E-state index >= 15 is 0 Å². The highest BCUT2D eigenvalue weighted by molar-refractivity contribution is 5.92. The van der Waals surface area contributed by atoms with Gasteiger partial charge in [0.25, 0.3) is 5.91 Å². The van der Waals surface area contributed by atoms with Crippen LogP contribution in [-0.2, 0) is 4.79 Å². The number of hydrogen-bond acceptors (Lipinski definition) is 3. The second-order valence-electron chi connectivity index (χ2n) is 7.73. The molecule has 5 heteroatoms. The highest BCUT2D eigenvalue weighted by Gasteiger charge is 2.41. The van der Waals surface area contributed by atoms with E-state index in [1.165, 1.54) is 6.26 Å². The number of hydrogen-bond donors (Lipinski definition) is 1. The molecule has 0 spiro atoms. The number of carbonyl (C=O) groups excluding carboxylic acids is 2. The summed E-state index contributed by atoms with van der Waals surface area (Å²) in [5.74, 6) is 0.466. The molecule has 2 atom stereocenters. The van der Waals surface area contributed by atoms with Gasteiger partial charge in [-0.15, -0.1) is 0 Å². The van der Waals surface area contributed by atoms with E-state index in [-0.39, 0.29) is 23.7 Å². The first-order chi connectivity index (χ1) is 13.0. The molecule has 0 unspecified atom stereocenters. The van der Waals surface area contributed by atoms with Gasteiger partial charge in [0.1, 0.15) is 0 Å². The number of furan rings is 1. The molecule has 0 radical (unpaired) electrons. The summed E-state index contributed by atoms with van der Waals surface area (Å²) >= 11 is 0. The van der Waals surface area contributed by atoms with Crippen LogP contribution in [0, 0.1) is 18.8 Å².